The highest BCUT2D eigenvalue weighted by Gasteiger charge is 2.28. The number of esters is 2. The number of hydrogen-bond acceptors (Lipinski definition) is 7. The lowest BCUT2D eigenvalue weighted by Crippen LogP contribution is -2.15. The molecule has 0 N–H and O–H groups in total. The molecule has 114 valence electrons. The number of aldehydes is 1. The van der Waals surface area contributed by atoms with Crippen LogP contribution >= 0.6 is 0 Å². The number of hydrogen-bond donors (Lipinski definition) is 0. The third kappa shape index (κ3) is 3.13. The molecule has 1 aromatic rings. The fourth-order valence-electron chi connectivity index (χ4n) is 1.94. The second-order valence-electron chi connectivity index (χ2n) is 3.87. The van der Waals surface area contributed by atoms with Crippen molar-refractivity contribution in [1.29, 1.82) is 0 Å². The molecular formula is C14H16O7. The van der Waals surface area contributed by atoms with E-state index in [4.69, 9.17) is 9.47 Å². The summed E-state index contributed by atoms with van der Waals surface area (Å²) in [7, 11) is 5.05. The topological polar surface area (TPSA) is 88.1 Å². The molecule has 0 unspecified atom stereocenters. The Morgan fingerprint density at radius 3 is 2.10 bits per heavy atom. The summed E-state index contributed by atoms with van der Waals surface area (Å²) >= 11 is 0. The predicted octanol–water partition coefficient (Wildman–Crippen LogP) is 1.02. The zero-order chi connectivity index (χ0) is 16.0. The normalized spacial score (nSPS) is 9.71. The largest absolute Gasteiger partial charge is 0.496 e. The van der Waals surface area contributed by atoms with E-state index in [2.05, 4.69) is 9.47 Å². The second-order valence-corrected chi connectivity index (χ2v) is 3.87. The van der Waals surface area contributed by atoms with Crippen molar-refractivity contribution in [1.82, 2.24) is 0 Å². The molecule has 0 saturated carbocycles. The summed E-state index contributed by atoms with van der Waals surface area (Å²) in [5.74, 6) is -1.23. The maximum Gasteiger partial charge on any atom is 0.342 e. The number of rotatable bonds is 6. The minimum Gasteiger partial charge on any atom is -0.496 e. The van der Waals surface area contributed by atoms with Crippen LogP contribution in [0.25, 0.3) is 0 Å². The molecule has 0 radical (unpaired) electrons. The van der Waals surface area contributed by atoms with Crippen LogP contribution in [0.5, 0.6) is 11.5 Å². The van der Waals surface area contributed by atoms with Gasteiger partial charge in [-0.2, -0.15) is 0 Å². The first kappa shape index (κ1) is 16.5. The van der Waals surface area contributed by atoms with Crippen molar-refractivity contribution < 1.29 is 33.3 Å². The van der Waals surface area contributed by atoms with Crippen LogP contribution in [0.2, 0.25) is 0 Å². The molecule has 0 aliphatic carbocycles. The first-order valence-electron chi connectivity index (χ1n) is 5.93. The molecule has 0 heterocycles. The summed E-state index contributed by atoms with van der Waals surface area (Å²) < 4.78 is 19.6. The van der Waals surface area contributed by atoms with Gasteiger partial charge in [-0.05, 0) is 6.07 Å². The quantitative estimate of drug-likeness (QED) is 0.572. The van der Waals surface area contributed by atoms with E-state index >= 15 is 0 Å². The number of carbonyl (C=O) groups is 3. The van der Waals surface area contributed by atoms with E-state index in [9.17, 15) is 14.4 Å². The molecular weight excluding hydrogens is 280 g/mol. The van der Waals surface area contributed by atoms with Crippen molar-refractivity contribution in [3.63, 3.8) is 0 Å². The first-order chi connectivity index (χ1) is 10.0. The zero-order valence-corrected chi connectivity index (χ0v) is 12.2. The van der Waals surface area contributed by atoms with E-state index in [1.165, 1.54) is 34.5 Å². The Labute approximate surface area is 121 Å². The van der Waals surface area contributed by atoms with Crippen molar-refractivity contribution in [2.75, 3.05) is 28.4 Å². The molecule has 1 aromatic carbocycles. The van der Waals surface area contributed by atoms with Gasteiger partial charge >= 0.3 is 11.9 Å². The minimum atomic E-state index is -0.776. The summed E-state index contributed by atoms with van der Waals surface area (Å²) in [5, 5.41) is 0. The van der Waals surface area contributed by atoms with E-state index < -0.39 is 11.9 Å². The maximum atomic E-state index is 12.0. The fourth-order valence-corrected chi connectivity index (χ4v) is 1.94. The molecule has 0 atom stereocenters. The highest BCUT2D eigenvalue weighted by Crippen LogP contribution is 2.36. The molecule has 0 aliphatic rings. The molecule has 0 aliphatic heterocycles. The Hall–Kier alpha value is -2.57. The maximum absolute atomic E-state index is 12.0. The van der Waals surface area contributed by atoms with Gasteiger partial charge in [-0.1, -0.05) is 0 Å². The highest BCUT2D eigenvalue weighted by molar-refractivity contribution is 6.06. The SMILES string of the molecule is COC(=O)c1cc(OC)c(CC=O)c(OC)c1C(=O)OC. The van der Waals surface area contributed by atoms with Crippen molar-refractivity contribution in [3.05, 3.63) is 22.8 Å². The average Bonchev–Trinajstić information content (AvgIpc) is 2.52. The van der Waals surface area contributed by atoms with E-state index in [0.29, 0.717) is 11.8 Å². The molecule has 0 bridgehead atoms. The third-order valence-electron chi connectivity index (χ3n) is 2.85. The number of methoxy groups -OCH3 is 4. The summed E-state index contributed by atoms with van der Waals surface area (Å²) in [6.07, 6.45) is 0.594. The highest BCUT2D eigenvalue weighted by atomic mass is 16.5. The third-order valence-corrected chi connectivity index (χ3v) is 2.85. The summed E-state index contributed by atoms with van der Waals surface area (Å²) in [6, 6.07) is 1.32. The Balaban J connectivity index is 3.76. The van der Waals surface area contributed by atoms with Crippen molar-refractivity contribution >= 4 is 18.2 Å². The van der Waals surface area contributed by atoms with Crippen LogP contribution in [-0.4, -0.2) is 46.7 Å². The summed E-state index contributed by atoms with van der Waals surface area (Å²) in [5.41, 5.74) is 0.181. The lowest BCUT2D eigenvalue weighted by Gasteiger charge is -2.17. The Morgan fingerprint density at radius 1 is 1.05 bits per heavy atom. The Bertz CT molecular complexity index is 563. The van der Waals surface area contributed by atoms with Crippen LogP contribution in [0.15, 0.2) is 6.07 Å². The van der Waals surface area contributed by atoms with Crippen LogP contribution in [0, 0.1) is 0 Å². The van der Waals surface area contributed by atoms with Crippen LogP contribution in [-0.2, 0) is 20.7 Å². The zero-order valence-electron chi connectivity index (χ0n) is 12.2. The minimum absolute atomic E-state index is 0.0439. The standard InChI is InChI=1S/C14H16O7/c1-18-10-7-9(13(16)20-3)11(14(17)21-4)12(19-2)8(10)5-6-15/h6-7H,5H2,1-4H3. The van der Waals surface area contributed by atoms with Crippen molar-refractivity contribution in [2.24, 2.45) is 0 Å². The van der Waals surface area contributed by atoms with E-state index in [0.717, 1.165) is 0 Å². The summed E-state index contributed by atoms with van der Waals surface area (Å²) in [6.45, 7) is 0. The first-order valence-corrected chi connectivity index (χ1v) is 5.93. The Morgan fingerprint density at radius 2 is 1.67 bits per heavy atom. The van der Waals surface area contributed by atoms with Crippen LogP contribution in [0.1, 0.15) is 26.3 Å². The van der Waals surface area contributed by atoms with Gasteiger partial charge in [-0.3, -0.25) is 0 Å². The van der Waals surface area contributed by atoms with Crippen LogP contribution < -0.4 is 9.47 Å². The lowest BCUT2D eigenvalue weighted by atomic mass is 9.99. The lowest BCUT2D eigenvalue weighted by molar-refractivity contribution is -0.107. The smallest absolute Gasteiger partial charge is 0.342 e. The van der Waals surface area contributed by atoms with Gasteiger partial charge in [0.2, 0.25) is 0 Å². The van der Waals surface area contributed by atoms with Crippen molar-refractivity contribution in [3.8, 4) is 11.5 Å². The number of benzene rings is 1. The predicted molar refractivity (Wildman–Crippen MR) is 72.0 cm³/mol. The monoisotopic (exact) mass is 296 g/mol. The molecule has 7 nitrogen and oxygen atoms in total. The van der Waals surface area contributed by atoms with Gasteiger partial charge in [0.1, 0.15) is 23.3 Å². The van der Waals surface area contributed by atoms with Gasteiger partial charge in [-0.25, -0.2) is 9.59 Å². The molecule has 1 rings (SSSR count). The van der Waals surface area contributed by atoms with E-state index in [1.54, 1.807) is 0 Å². The van der Waals surface area contributed by atoms with Gasteiger partial charge < -0.3 is 23.7 Å². The van der Waals surface area contributed by atoms with Gasteiger partial charge in [0.25, 0.3) is 0 Å². The van der Waals surface area contributed by atoms with Gasteiger partial charge in [0.05, 0.1) is 34.0 Å². The number of carbonyl (C=O) groups excluding carboxylic acids is 3. The van der Waals surface area contributed by atoms with Gasteiger partial charge in [-0.15, -0.1) is 0 Å². The summed E-state index contributed by atoms with van der Waals surface area (Å²) in [4.78, 5) is 34.6. The fraction of sp³-hybridized carbons (Fsp3) is 0.357. The van der Waals surface area contributed by atoms with Gasteiger partial charge in [0.15, 0.2) is 0 Å². The molecule has 0 amide bonds. The van der Waals surface area contributed by atoms with Crippen LogP contribution in [0.4, 0.5) is 0 Å². The van der Waals surface area contributed by atoms with Gasteiger partial charge in [0, 0.05) is 12.0 Å². The van der Waals surface area contributed by atoms with Crippen LogP contribution in [0.3, 0.4) is 0 Å². The van der Waals surface area contributed by atoms with E-state index in [1.807, 2.05) is 0 Å². The molecule has 0 spiro atoms. The molecule has 0 fully saturated rings. The second kappa shape index (κ2) is 7.28. The van der Waals surface area contributed by atoms with Crippen molar-refractivity contribution in [2.45, 2.75) is 6.42 Å². The number of ether oxygens (including phenoxy) is 4. The Kier molecular flexibility index (Phi) is 5.71. The molecule has 0 saturated heterocycles. The molecule has 7 heteroatoms. The average molecular weight is 296 g/mol. The van der Waals surface area contributed by atoms with E-state index in [-0.39, 0.29) is 29.0 Å². The molecule has 21 heavy (non-hydrogen) atoms. The molecule has 0 aromatic heterocycles.